The molecule has 2 aromatic rings. The van der Waals surface area contributed by atoms with Crippen molar-refractivity contribution in [1.29, 1.82) is 0 Å². The molecular weight excluding hydrogens is 348 g/mol. The van der Waals surface area contributed by atoms with Crippen LogP contribution in [0.25, 0.3) is 5.69 Å². The number of hydrogen-bond acceptors (Lipinski definition) is 6. The standard InChI is InChI=1S/C15H20N4O3S2/c1-3-18(15(20)6-8-23-11-24(21)22)14-10-19(17-12(14)2)13-5-4-7-16-9-13/h4-5,7,9-10H,3,6,8,11H2,1-2H3,(H,21,22)/p-1. The molecule has 0 aliphatic heterocycles. The van der Waals surface area contributed by atoms with E-state index in [-0.39, 0.29) is 17.4 Å². The molecule has 2 aromatic heterocycles. The van der Waals surface area contributed by atoms with Gasteiger partial charge < -0.3 is 9.45 Å². The number of carbonyl (C=O) groups is 1. The molecule has 0 aliphatic carbocycles. The van der Waals surface area contributed by atoms with Gasteiger partial charge in [0.2, 0.25) is 5.91 Å². The highest BCUT2D eigenvalue weighted by Gasteiger charge is 2.18. The highest BCUT2D eigenvalue weighted by molar-refractivity contribution is 8.08. The maximum atomic E-state index is 12.4. The molecule has 0 saturated heterocycles. The first-order chi connectivity index (χ1) is 11.5. The maximum absolute atomic E-state index is 12.4. The molecule has 0 spiro atoms. The van der Waals surface area contributed by atoms with E-state index >= 15 is 0 Å². The number of aromatic nitrogens is 3. The first-order valence-corrected chi connectivity index (χ1v) is 9.83. The van der Waals surface area contributed by atoms with Gasteiger partial charge in [-0.1, -0.05) is 0 Å². The van der Waals surface area contributed by atoms with E-state index in [1.165, 1.54) is 11.8 Å². The zero-order valence-corrected chi connectivity index (χ0v) is 15.2. The molecule has 24 heavy (non-hydrogen) atoms. The van der Waals surface area contributed by atoms with Crippen LogP contribution in [-0.2, 0) is 15.9 Å². The van der Waals surface area contributed by atoms with E-state index in [0.29, 0.717) is 12.3 Å². The number of nitrogens with zero attached hydrogens (tertiary/aromatic N) is 4. The van der Waals surface area contributed by atoms with E-state index in [1.807, 2.05) is 32.2 Å². The number of anilines is 1. The fourth-order valence-corrected chi connectivity index (χ4v) is 3.57. The number of aryl methyl sites for hydroxylation is 1. The van der Waals surface area contributed by atoms with E-state index in [1.54, 1.807) is 22.0 Å². The Morgan fingerprint density at radius 1 is 1.50 bits per heavy atom. The van der Waals surface area contributed by atoms with Gasteiger partial charge in [0.05, 0.1) is 34.5 Å². The number of hydrogen-bond donors (Lipinski definition) is 0. The van der Waals surface area contributed by atoms with Crippen LogP contribution in [0.15, 0.2) is 30.7 Å². The van der Waals surface area contributed by atoms with E-state index < -0.39 is 11.1 Å². The summed E-state index contributed by atoms with van der Waals surface area (Å²) in [5.74, 6) is 0.426. The summed E-state index contributed by atoms with van der Waals surface area (Å²) in [4.78, 5) is 18.2. The molecule has 0 aromatic carbocycles. The second-order valence-corrected chi connectivity index (χ2v) is 7.34. The first kappa shape index (κ1) is 18.6. The number of carbonyl (C=O) groups excluding carboxylic acids is 1. The minimum absolute atomic E-state index is 0.0113. The van der Waals surface area contributed by atoms with Crippen molar-refractivity contribution < 1.29 is 13.6 Å². The van der Waals surface area contributed by atoms with Gasteiger partial charge in [-0.3, -0.25) is 14.0 Å². The van der Waals surface area contributed by atoms with Crippen LogP contribution in [0.3, 0.4) is 0 Å². The van der Waals surface area contributed by atoms with E-state index in [9.17, 15) is 13.6 Å². The summed E-state index contributed by atoms with van der Waals surface area (Å²) in [5.41, 5.74) is 2.33. The van der Waals surface area contributed by atoms with Gasteiger partial charge in [-0.05, 0) is 37.1 Å². The topological polar surface area (TPSA) is 91.2 Å². The predicted octanol–water partition coefficient (Wildman–Crippen LogP) is 1.89. The normalized spacial score (nSPS) is 12.1. The molecule has 9 heteroatoms. The van der Waals surface area contributed by atoms with Crippen LogP contribution in [0, 0.1) is 6.92 Å². The van der Waals surface area contributed by atoms with Gasteiger partial charge in [0.15, 0.2) is 0 Å². The molecule has 0 radical (unpaired) electrons. The van der Waals surface area contributed by atoms with Gasteiger partial charge in [0, 0.05) is 24.9 Å². The van der Waals surface area contributed by atoms with Crippen LogP contribution in [-0.4, -0.2) is 46.8 Å². The van der Waals surface area contributed by atoms with Crippen molar-refractivity contribution in [2.45, 2.75) is 20.3 Å². The van der Waals surface area contributed by atoms with Crippen molar-refractivity contribution in [2.75, 3.05) is 22.3 Å². The van der Waals surface area contributed by atoms with Crippen LogP contribution in [0.5, 0.6) is 0 Å². The molecular formula is C15H19N4O3S2-. The number of amides is 1. The summed E-state index contributed by atoms with van der Waals surface area (Å²) in [6.45, 7) is 4.28. The van der Waals surface area contributed by atoms with E-state index in [4.69, 9.17) is 0 Å². The zero-order valence-electron chi connectivity index (χ0n) is 13.5. The Hall–Kier alpha value is -1.71. The minimum atomic E-state index is -2.08. The third kappa shape index (κ3) is 4.89. The fraction of sp³-hybridized carbons (Fsp3) is 0.400. The fourth-order valence-electron chi connectivity index (χ4n) is 2.24. The summed E-state index contributed by atoms with van der Waals surface area (Å²) < 4.78 is 22.7. The van der Waals surface area contributed by atoms with Crippen LogP contribution in [0.2, 0.25) is 0 Å². The molecule has 0 fully saturated rings. The van der Waals surface area contributed by atoms with Gasteiger partial charge in [0.25, 0.3) is 0 Å². The predicted molar refractivity (Wildman–Crippen MR) is 95.0 cm³/mol. The Balaban J connectivity index is 2.08. The van der Waals surface area contributed by atoms with Crippen molar-refractivity contribution in [1.82, 2.24) is 14.8 Å². The second-order valence-electron chi connectivity index (χ2n) is 4.97. The third-order valence-electron chi connectivity index (χ3n) is 3.33. The molecule has 2 heterocycles. The summed E-state index contributed by atoms with van der Waals surface area (Å²) in [6, 6.07) is 3.72. The van der Waals surface area contributed by atoms with Gasteiger partial charge in [0.1, 0.15) is 0 Å². The Kier molecular flexibility index (Phi) is 6.95. The Morgan fingerprint density at radius 2 is 2.29 bits per heavy atom. The molecule has 1 unspecified atom stereocenters. The highest BCUT2D eigenvalue weighted by Crippen LogP contribution is 2.22. The van der Waals surface area contributed by atoms with Crippen LogP contribution in [0.1, 0.15) is 19.0 Å². The molecule has 7 nitrogen and oxygen atoms in total. The third-order valence-corrected chi connectivity index (χ3v) is 5.26. The van der Waals surface area contributed by atoms with Gasteiger partial charge in [-0.15, -0.1) is 11.8 Å². The van der Waals surface area contributed by atoms with Crippen LogP contribution in [0.4, 0.5) is 5.69 Å². The maximum Gasteiger partial charge on any atom is 0.227 e. The molecule has 0 saturated carbocycles. The van der Waals surface area contributed by atoms with Crippen molar-refractivity contribution in [2.24, 2.45) is 0 Å². The number of thioether (sulfide) groups is 1. The van der Waals surface area contributed by atoms with Crippen molar-refractivity contribution in [3.05, 3.63) is 36.4 Å². The average Bonchev–Trinajstić information content (AvgIpc) is 2.95. The Bertz CT molecular complexity index is 706. The summed E-state index contributed by atoms with van der Waals surface area (Å²) in [6.07, 6.45) is 5.49. The van der Waals surface area contributed by atoms with Gasteiger partial charge >= 0.3 is 0 Å². The molecule has 0 bridgehead atoms. The molecule has 130 valence electrons. The van der Waals surface area contributed by atoms with Crippen molar-refractivity contribution in [3.8, 4) is 5.69 Å². The van der Waals surface area contributed by atoms with Crippen molar-refractivity contribution in [3.63, 3.8) is 0 Å². The Morgan fingerprint density at radius 3 is 2.92 bits per heavy atom. The molecule has 2 rings (SSSR count). The van der Waals surface area contributed by atoms with Crippen LogP contribution < -0.4 is 4.90 Å². The zero-order chi connectivity index (χ0) is 17.5. The van der Waals surface area contributed by atoms with Crippen LogP contribution >= 0.6 is 11.8 Å². The van der Waals surface area contributed by atoms with Gasteiger partial charge in [-0.2, -0.15) is 5.10 Å². The monoisotopic (exact) mass is 367 g/mol. The average molecular weight is 367 g/mol. The molecule has 0 N–H and O–H groups in total. The lowest BCUT2D eigenvalue weighted by Gasteiger charge is -2.20. The molecule has 1 atom stereocenters. The lowest BCUT2D eigenvalue weighted by atomic mass is 10.3. The second kappa shape index (κ2) is 8.95. The van der Waals surface area contributed by atoms with E-state index in [2.05, 4.69) is 10.1 Å². The largest absolute Gasteiger partial charge is 0.772 e. The minimum Gasteiger partial charge on any atom is -0.772 e. The Labute approximate surface area is 147 Å². The smallest absolute Gasteiger partial charge is 0.227 e. The summed E-state index contributed by atoms with van der Waals surface area (Å²) >= 11 is -0.852. The van der Waals surface area contributed by atoms with E-state index in [0.717, 1.165) is 17.1 Å². The van der Waals surface area contributed by atoms with Crippen molar-refractivity contribution >= 4 is 34.4 Å². The lowest BCUT2D eigenvalue weighted by molar-refractivity contribution is -0.118. The summed E-state index contributed by atoms with van der Waals surface area (Å²) in [5, 5.41) is 4.46. The number of rotatable bonds is 8. The van der Waals surface area contributed by atoms with Gasteiger partial charge in [-0.25, -0.2) is 4.68 Å². The first-order valence-electron chi connectivity index (χ1n) is 7.43. The quantitative estimate of drug-likeness (QED) is 0.523. The summed E-state index contributed by atoms with van der Waals surface area (Å²) in [7, 11) is 0. The lowest BCUT2D eigenvalue weighted by Crippen LogP contribution is -2.31. The SMILES string of the molecule is CCN(C(=O)CCSCS(=O)[O-])c1cn(-c2cccnc2)nc1C. The highest BCUT2D eigenvalue weighted by atomic mass is 32.2. The number of pyridine rings is 1. The molecule has 0 aliphatic rings. The molecule has 1 amide bonds.